The maximum atomic E-state index is 12.0. The Labute approximate surface area is 105 Å². The number of allylic oxidation sites excluding steroid dienone is 1. The Hall–Kier alpha value is -0.510. The molecule has 3 nitrogen and oxygen atoms in total. The monoisotopic (exact) mass is 260 g/mol. The third-order valence-corrected chi connectivity index (χ3v) is 6.41. The van der Waals surface area contributed by atoms with Crippen LogP contribution in [0.1, 0.15) is 52.9 Å². The summed E-state index contributed by atoms with van der Waals surface area (Å²) in [5, 5.41) is 0. The number of rotatable bonds is 6. The summed E-state index contributed by atoms with van der Waals surface area (Å²) in [4.78, 5) is 0. The minimum absolute atomic E-state index is 0.371. The molecule has 0 aromatic rings. The minimum Gasteiger partial charge on any atom is -0.501 e. The number of hydrogen-bond donors (Lipinski definition) is 0. The highest BCUT2D eigenvalue weighted by Crippen LogP contribution is 2.39. The Balaban J connectivity index is 2.46. The summed E-state index contributed by atoms with van der Waals surface area (Å²) in [5.41, 5.74) is 1.13. The molecular formula is C13H24O3S. The van der Waals surface area contributed by atoms with Gasteiger partial charge in [-0.05, 0) is 51.5 Å². The van der Waals surface area contributed by atoms with Gasteiger partial charge in [0.15, 0.2) is 9.84 Å². The maximum Gasteiger partial charge on any atom is 0.155 e. The summed E-state index contributed by atoms with van der Waals surface area (Å²) in [7, 11) is -2.87. The van der Waals surface area contributed by atoms with Crippen LogP contribution in [0, 0.1) is 0 Å². The molecule has 1 heterocycles. The molecule has 1 unspecified atom stereocenters. The van der Waals surface area contributed by atoms with Gasteiger partial charge in [0.2, 0.25) is 0 Å². The number of sulfone groups is 1. The molecule has 100 valence electrons. The van der Waals surface area contributed by atoms with Crippen LogP contribution in [-0.4, -0.2) is 25.5 Å². The van der Waals surface area contributed by atoms with Gasteiger partial charge in [-0.15, -0.1) is 0 Å². The minimum atomic E-state index is -2.87. The fraction of sp³-hybridized carbons (Fsp3) is 0.846. The van der Waals surface area contributed by atoms with Gasteiger partial charge in [-0.1, -0.05) is 6.92 Å². The second kappa shape index (κ2) is 5.89. The first-order valence-corrected chi connectivity index (χ1v) is 8.06. The molecule has 0 spiro atoms. The van der Waals surface area contributed by atoms with Crippen LogP contribution in [0.25, 0.3) is 0 Å². The molecule has 1 saturated heterocycles. The largest absolute Gasteiger partial charge is 0.501 e. The van der Waals surface area contributed by atoms with Crippen LogP contribution >= 0.6 is 0 Å². The van der Waals surface area contributed by atoms with Crippen LogP contribution in [0.15, 0.2) is 11.8 Å². The predicted octanol–water partition coefficient (Wildman–Crippen LogP) is 3.06. The SMILES string of the molecule is CCC1(CCCOC=C(C)C)CCCS1(=O)=O. The van der Waals surface area contributed by atoms with E-state index in [4.69, 9.17) is 4.74 Å². The fourth-order valence-corrected chi connectivity index (χ4v) is 4.82. The van der Waals surface area contributed by atoms with Gasteiger partial charge in [-0.25, -0.2) is 8.42 Å². The van der Waals surface area contributed by atoms with Gasteiger partial charge in [0.25, 0.3) is 0 Å². The van der Waals surface area contributed by atoms with Gasteiger partial charge in [-0.2, -0.15) is 0 Å². The van der Waals surface area contributed by atoms with Gasteiger partial charge in [0, 0.05) is 0 Å². The van der Waals surface area contributed by atoms with Crippen molar-refractivity contribution in [2.45, 2.75) is 57.6 Å². The van der Waals surface area contributed by atoms with E-state index < -0.39 is 14.6 Å². The molecule has 0 saturated carbocycles. The molecule has 17 heavy (non-hydrogen) atoms. The van der Waals surface area contributed by atoms with Gasteiger partial charge in [-0.3, -0.25) is 0 Å². The Bertz CT molecular complexity index is 366. The van der Waals surface area contributed by atoms with E-state index in [0.717, 1.165) is 37.7 Å². The zero-order valence-corrected chi connectivity index (χ0v) is 12.0. The molecular weight excluding hydrogens is 236 g/mol. The van der Waals surface area contributed by atoms with Crippen molar-refractivity contribution in [1.29, 1.82) is 0 Å². The Morgan fingerprint density at radius 3 is 2.59 bits per heavy atom. The van der Waals surface area contributed by atoms with E-state index in [1.54, 1.807) is 6.26 Å². The van der Waals surface area contributed by atoms with E-state index >= 15 is 0 Å². The standard InChI is InChI=1S/C13H24O3S/c1-4-13(8-6-10-17(13,14)15)7-5-9-16-11-12(2)3/h11H,4-10H2,1-3H3. The Morgan fingerprint density at radius 2 is 2.12 bits per heavy atom. The quantitative estimate of drug-likeness (QED) is 0.544. The molecule has 0 aromatic carbocycles. The zero-order chi connectivity index (χ0) is 12.9. The zero-order valence-electron chi connectivity index (χ0n) is 11.2. The lowest BCUT2D eigenvalue weighted by Gasteiger charge is -2.26. The van der Waals surface area contributed by atoms with E-state index in [9.17, 15) is 8.42 Å². The lowest BCUT2D eigenvalue weighted by Crippen LogP contribution is -2.34. The normalized spacial score (nSPS) is 26.8. The molecule has 1 rings (SSSR count). The van der Waals surface area contributed by atoms with Crippen LogP contribution in [0.5, 0.6) is 0 Å². The van der Waals surface area contributed by atoms with Crippen molar-refractivity contribution < 1.29 is 13.2 Å². The van der Waals surface area contributed by atoms with Crippen LogP contribution in [0.3, 0.4) is 0 Å². The van der Waals surface area contributed by atoms with Gasteiger partial charge in [0.05, 0.1) is 23.4 Å². The first-order chi connectivity index (χ1) is 7.93. The van der Waals surface area contributed by atoms with E-state index in [0.29, 0.717) is 12.4 Å². The summed E-state index contributed by atoms with van der Waals surface area (Å²) in [6, 6.07) is 0. The van der Waals surface area contributed by atoms with Gasteiger partial charge < -0.3 is 4.74 Å². The lowest BCUT2D eigenvalue weighted by molar-refractivity contribution is 0.231. The topological polar surface area (TPSA) is 43.4 Å². The van der Waals surface area contributed by atoms with Gasteiger partial charge >= 0.3 is 0 Å². The van der Waals surface area contributed by atoms with Crippen LogP contribution in [0.4, 0.5) is 0 Å². The van der Waals surface area contributed by atoms with Crippen LogP contribution in [0.2, 0.25) is 0 Å². The lowest BCUT2D eigenvalue weighted by atomic mass is 9.95. The first-order valence-electron chi connectivity index (χ1n) is 6.41. The van der Waals surface area contributed by atoms with Crippen LogP contribution < -0.4 is 0 Å². The molecule has 1 aliphatic heterocycles. The predicted molar refractivity (Wildman–Crippen MR) is 70.7 cm³/mol. The third kappa shape index (κ3) is 3.47. The first kappa shape index (κ1) is 14.6. The van der Waals surface area contributed by atoms with Crippen molar-refractivity contribution >= 4 is 9.84 Å². The highest BCUT2D eigenvalue weighted by Gasteiger charge is 2.45. The highest BCUT2D eigenvalue weighted by molar-refractivity contribution is 7.93. The second-order valence-corrected chi connectivity index (χ2v) is 7.63. The van der Waals surface area contributed by atoms with Gasteiger partial charge in [0.1, 0.15) is 0 Å². The average molecular weight is 260 g/mol. The summed E-state index contributed by atoms with van der Waals surface area (Å²) < 4.78 is 29.0. The van der Waals surface area contributed by atoms with Crippen molar-refractivity contribution in [3.05, 3.63) is 11.8 Å². The molecule has 0 aliphatic carbocycles. The fourth-order valence-electron chi connectivity index (χ4n) is 2.51. The van der Waals surface area contributed by atoms with E-state index in [1.165, 1.54) is 0 Å². The Kier molecular flexibility index (Phi) is 5.04. The van der Waals surface area contributed by atoms with Crippen molar-refractivity contribution in [3.63, 3.8) is 0 Å². The third-order valence-electron chi connectivity index (χ3n) is 3.56. The van der Waals surface area contributed by atoms with E-state index in [2.05, 4.69) is 0 Å². The molecule has 0 amide bonds. The molecule has 0 aromatic heterocycles. The smallest absolute Gasteiger partial charge is 0.155 e. The molecule has 1 fully saturated rings. The molecule has 1 atom stereocenters. The maximum absolute atomic E-state index is 12.0. The molecule has 0 radical (unpaired) electrons. The summed E-state index contributed by atoms with van der Waals surface area (Å²) >= 11 is 0. The van der Waals surface area contributed by atoms with Crippen LogP contribution in [-0.2, 0) is 14.6 Å². The van der Waals surface area contributed by atoms with E-state index in [-0.39, 0.29) is 0 Å². The average Bonchev–Trinajstić information content (AvgIpc) is 2.53. The highest BCUT2D eigenvalue weighted by atomic mass is 32.2. The van der Waals surface area contributed by atoms with Crippen molar-refractivity contribution in [2.75, 3.05) is 12.4 Å². The van der Waals surface area contributed by atoms with Crippen molar-refractivity contribution in [2.24, 2.45) is 0 Å². The molecule has 1 aliphatic rings. The molecule has 0 N–H and O–H groups in total. The summed E-state index contributed by atoms with van der Waals surface area (Å²) in [5.74, 6) is 0.371. The Morgan fingerprint density at radius 1 is 1.41 bits per heavy atom. The molecule has 4 heteroatoms. The van der Waals surface area contributed by atoms with Crippen molar-refractivity contribution in [3.8, 4) is 0 Å². The summed E-state index contributed by atoms with van der Waals surface area (Å²) in [6.07, 6.45) is 5.68. The number of hydrogen-bond acceptors (Lipinski definition) is 3. The van der Waals surface area contributed by atoms with E-state index in [1.807, 2.05) is 20.8 Å². The second-order valence-electron chi connectivity index (χ2n) is 5.13. The number of ether oxygens (including phenoxy) is 1. The molecule has 0 bridgehead atoms. The summed E-state index contributed by atoms with van der Waals surface area (Å²) in [6.45, 7) is 6.56. The van der Waals surface area contributed by atoms with Crippen molar-refractivity contribution in [1.82, 2.24) is 0 Å².